The van der Waals surface area contributed by atoms with E-state index in [0.717, 1.165) is 12.5 Å². The summed E-state index contributed by atoms with van der Waals surface area (Å²) >= 11 is 0. The second-order valence-electron chi connectivity index (χ2n) is 4.81. The number of hydrogen-bond donors (Lipinski definition) is 2. The number of sulfonamides is 1. The highest BCUT2D eigenvalue weighted by Crippen LogP contribution is 2.31. The van der Waals surface area contributed by atoms with Gasteiger partial charge in [0.15, 0.2) is 0 Å². The van der Waals surface area contributed by atoms with Crippen molar-refractivity contribution in [3.8, 4) is 0 Å². The molecule has 0 heterocycles. The van der Waals surface area contributed by atoms with Gasteiger partial charge in [-0.3, -0.25) is 0 Å². The number of aryl methyl sites for hydroxylation is 1. The molecule has 2 rings (SSSR count). The molecule has 0 saturated heterocycles. The summed E-state index contributed by atoms with van der Waals surface area (Å²) in [4.78, 5) is -0.0783. The van der Waals surface area contributed by atoms with Gasteiger partial charge in [-0.05, 0) is 43.9 Å². The molecule has 2 N–H and O–H groups in total. The van der Waals surface area contributed by atoms with Crippen LogP contribution >= 0.6 is 0 Å². The van der Waals surface area contributed by atoms with Gasteiger partial charge in [0.1, 0.15) is 5.82 Å². The molecule has 0 aromatic heterocycles. The van der Waals surface area contributed by atoms with Gasteiger partial charge >= 0.3 is 0 Å². The Balaban J connectivity index is 2.17. The summed E-state index contributed by atoms with van der Waals surface area (Å²) in [6.45, 7) is 1.58. The minimum atomic E-state index is -3.77. The maximum atomic E-state index is 13.1. The zero-order valence-electron chi connectivity index (χ0n) is 10.1. The van der Waals surface area contributed by atoms with Gasteiger partial charge in [0.2, 0.25) is 10.0 Å². The van der Waals surface area contributed by atoms with E-state index in [-0.39, 0.29) is 11.4 Å². The van der Waals surface area contributed by atoms with Crippen LogP contribution in [0.15, 0.2) is 23.1 Å². The Hall–Kier alpha value is -0.980. The Morgan fingerprint density at radius 3 is 2.67 bits per heavy atom. The van der Waals surface area contributed by atoms with Crippen molar-refractivity contribution in [1.82, 2.24) is 4.72 Å². The van der Waals surface area contributed by atoms with E-state index < -0.39 is 21.4 Å². The fraction of sp³-hybridized carbons (Fsp3) is 0.500. The standard InChI is InChI=1S/C12H16FNO3S/c1-9-3-4-10(13)7-11(9)18(16,17)14-8-12(15)5-2-6-12/h3-4,7,14-15H,2,5-6,8H2,1H3. The lowest BCUT2D eigenvalue weighted by atomic mass is 9.81. The van der Waals surface area contributed by atoms with E-state index in [4.69, 9.17) is 0 Å². The van der Waals surface area contributed by atoms with Gasteiger partial charge in [-0.15, -0.1) is 0 Å². The fourth-order valence-corrected chi connectivity index (χ4v) is 3.31. The molecule has 1 fully saturated rings. The second kappa shape index (κ2) is 4.60. The molecule has 0 bridgehead atoms. The van der Waals surface area contributed by atoms with Crippen molar-refractivity contribution in [2.24, 2.45) is 0 Å². The lowest BCUT2D eigenvalue weighted by Crippen LogP contribution is -2.47. The van der Waals surface area contributed by atoms with E-state index in [1.54, 1.807) is 6.92 Å². The van der Waals surface area contributed by atoms with Crippen molar-refractivity contribution in [1.29, 1.82) is 0 Å². The highest BCUT2D eigenvalue weighted by molar-refractivity contribution is 7.89. The smallest absolute Gasteiger partial charge is 0.241 e. The molecule has 1 aromatic carbocycles. The van der Waals surface area contributed by atoms with Gasteiger partial charge < -0.3 is 5.11 Å². The molecular weight excluding hydrogens is 257 g/mol. The van der Waals surface area contributed by atoms with Crippen molar-refractivity contribution < 1.29 is 17.9 Å². The van der Waals surface area contributed by atoms with E-state index in [1.807, 2.05) is 0 Å². The molecule has 1 aliphatic carbocycles. The molecule has 4 nitrogen and oxygen atoms in total. The van der Waals surface area contributed by atoms with Crippen LogP contribution in [0.25, 0.3) is 0 Å². The molecule has 0 unspecified atom stereocenters. The molecule has 18 heavy (non-hydrogen) atoms. The summed E-state index contributed by atoms with van der Waals surface area (Å²) in [5.41, 5.74) is -0.460. The minimum Gasteiger partial charge on any atom is -0.389 e. The summed E-state index contributed by atoms with van der Waals surface area (Å²) in [5, 5.41) is 9.84. The van der Waals surface area contributed by atoms with Crippen LogP contribution in [0.2, 0.25) is 0 Å². The highest BCUT2D eigenvalue weighted by Gasteiger charge is 2.35. The molecule has 0 radical (unpaired) electrons. The maximum absolute atomic E-state index is 13.1. The Morgan fingerprint density at radius 2 is 2.11 bits per heavy atom. The molecule has 1 aromatic rings. The van der Waals surface area contributed by atoms with Crippen molar-refractivity contribution in [3.05, 3.63) is 29.6 Å². The first kappa shape index (κ1) is 13.5. The van der Waals surface area contributed by atoms with Gasteiger partial charge in [0, 0.05) is 6.54 Å². The summed E-state index contributed by atoms with van der Waals surface area (Å²) in [7, 11) is -3.77. The molecule has 1 aliphatic rings. The van der Waals surface area contributed by atoms with Crippen molar-refractivity contribution in [2.45, 2.75) is 36.7 Å². The molecule has 0 spiro atoms. The largest absolute Gasteiger partial charge is 0.389 e. The zero-order valence-corrected chi connectivity index (χ0v) is 10.9. The van der Waals surface area contributed by atoms with E-state index in [2.05, 4.69) is 4.72 Å². The van der Waals surface area contributed by atoms with Crippen LogP contribution in [0, 0.1) is 12.7 Å². The molecule has 1 saturated carbocycles. The van der Waals surface area contributed by atoms with Crippen molar-refractivity contribution >= 4 is 10.0 Å². The highest BCUT2D eigenvalue weighted by atomic mass is 32.2. The number of rotatable bonds is 4. The van der Waals surface area contributed by atoms with E-state index in [0.29, 0.717) is 18.4 Å². The van der Waals surface area contributed by atoms with Crippen LogP contribution in [0.3, 0.4) is 0 Å². The number of benzene rings is 1. The topological polar surface area (TPSA) is 66.4 Å². The van der Waals surface area contributed by atoms with Gasteiger partial charge in [0.25, 0.3) is 0 Å². The quantitative estimate of drug-likeness (QED) is 0.869. The summed E-state index contributed by atoms with van der Waals surface area (Å²) in [5.74, 6) is -0.594. The molecule has 6 heteroatoms. The average Bonchev–Trinajstić information content (AvgIpc) is 2.27. The van der Waals surface area contributed by atoms with Crippen LogP contribution < -0.4 is 4.72 Å². The summed E-state index contributed by atoms with van der Waals surface area (Å²) in [6, 6.07) is 3.62. The average molecular weight is 273 g/mol. The monoisotopic (exact) mass is 273 g/mol. The SMILES string of the molecule is Cc1ccc(F)cc1S(=O)(=O)NCC1(O)CCC1. The molecule has 0 atom stereocenters. The second-order valence-corrected chi connectivity index (χ2v) is 6.55. The molecule has 100 valence electrons. The third-order valence-electron chi connectivity index (χ3n) is 3.32. The minimum absolute atomic E-state index is 0.0225. The zero-order chi connectivity index (χ0) is 13.4. The van der Waals surface area contributed by atoms with Crippen molar-refractivity contribution in [3.63, 3.8) is 0 Å². The third-order valence-corrected chi connectivity index (χ3v) is 4.86. The van der Waals surface area contributed by atoms with Crippen LogP contribution in [0.5, 0.6) is 0 Å². The van der Waals surface area contributed by atoms with E-state index >= 15 is 0 Å². The summed E-state index contributed by atoms with van der Waals surface area (Å²) < 4.78 is 39.4. The number of hydrogen-bond acceptors (Lipinski definition) is 3. The first-order valence-electron chi connectivity index (χ1n) is 5.81. The normalized spacial score (nSPS) is 18.4. The third kappa shape index (κ3) is 2.71. The Labute approximate surface area is 106 Å². The predicted octanol–water partition coefficient (Wildman–Crippen LogP) is 1.33. The van der Waals surface area contributed by atoms with Crippen LogP contribution in [-0.2, 0) is 10.0 Å². The van der Waals surface area contributed by atoms with Crippen LogP contribution in [-0.4, -0.2) is 25.7 Å². The summed E-state index contributed by atoms with van der Waals surface area (Å²) in [6.07, 6.45) is 2.09. The van der Waals surface area contributed by atoms with E-state index in [9.17, 15) is 17.9 Å². The van der Waals surface area contributed by atoms with E-state index in [1.165, 1.54) is 12.1 Å². The van der Waals surface area contributed by atoms with Crippen LogP contribution in [0.4, 0.5) is 4.39 Å². The van der Waals surface area contributed by atoms with Crippen molar-refractivity contribution in [2.75, 3.05) is 6.54 Å². The Bertz CT molecular complexity index is 552. The first-order chi connectivity index (χ1) is 8.32. The fourth-order valence-electron chi connectivity index (χ4n) is 1.93. The lowest BCUT2D eigenvalue weighted by molar-refractivity contribution is -0.0270. The van der Waals surface area contributed by atoms with Gasteiger partial charge in [-0.2, -0.15) is 0 Å². The van der Waals surface area contributed by atoms with Gasteiger partial charge in [-0.25, -0.2) is 17.5 Å². The predicted molar refractivity (Wildman–Crippen MR) is 65.1 cm³/mol. The van der Waals surface area contributed by atoms with Gasteiger partial charge in [0.05, 0.1) is 10.5 Å². The number of nitrogens with one attached hydrogen (secondary N) is 1. The number of halogens is 1. The molecular formula is C12H16FNO3S. The Kier molecular flexibility index (Phi) is 3.44. The molecule has 0 amide bonds. The lowest BCUT2D eigenvalue weighted by Gasteiger charge is -2.36. The van der Waals surface area contributed by atoms with Gasteiger partial charge in [-0.1, -0.05) is 6.07 Å². The Morgan fingerprint density at radius 1 is 1.44 bits per heavy atom. The number of aliphatic hydroxyl groups is 1. The maximum Gasteiger partial charge on any atom is 0.241 e. The first-order valence-corrected chi connectivity index (χ1v) is 7.29. The molecule has 0 aliphatic heterocycles. The van der Waals surface area contributed by atoms with Crippen LogP contribution in [0.1, 0.15) is 24.8 Å².